The molecular formula is C34H32N2O4S2. The van der Waals surface area contributed by atoms with Crippen LogP contribution in [0, 0.1) is 6.92 Å². The standard InChI is InChI=1S/C34H32N2O4S2/c1-24-18-20-26(21-19-24)41(37,38)34-31-28-15-8-9-17-30(28)36(42(39,40)27-13-6-3-7-14-27)32(31)29-16-10-22-35(33(29)34)23-25-11-4-2-5-12-25/h2-9,11-15,17-21,29,33-34H,10,16,22-23H2,1H3/t29-,33-,34-/m0/s1. The maximum atomic E-state index is 14.7. The lowest BCUT2D eigenvalue weighted by molar-refractivity contribution is 0.123. The molecule has 5 aromatic rings. The van der Waals surface area contributed by atoms with Crippen LogP contribution in [0.3, 0.4) is 0 Å². The molecule has 1 aliphatic carbocycles. The van der Waals surface area contributed by atoms with E-state index in [0.29, 0.717) is 35.1 Å². The van der Waals surface area contributed by atoms with Crippen LogP contribution in [-0.4, -0.2) is 38.3 Å². The number of piperidine rings is 1. The summed E-state index contributed by atoms with van der Waals surface area (Å²) in [5.41, 5.74) is 3.84. The molecule has 0 saturated carbocycles. The lowest BCUT2D eigenvalue weighted by Gasteiger charge is -2.41. The van der Waals surface area contributed by atoms with Gasteiger partial charge in [0.1, 0.15) is 5.25 Å². The second-order valence-electron chi connectivity index (χ2n) is 11.4. The fraction of sp³-hybridized carbons (Fsp3) is 0.235. The molecule has 7 rings (SSSR count). The second-order valence-corrected chi connectivity index (χ2v) is 15.2. The number of aryl methyl sites for hydroxylation is 1. The highest BCUT2D eigenvalue weighted by molar-refractivity contribution is 7.92. The number of para-hydroxylation sites is 1. The molecule has 1 aromatic heterocycles. The van der Waals surface area contributed by atoms with Crippen molar-refractivity contribution in [1.82, 2.24) is 8.87 Å². The SMILES string of the molecule is Cc1ccc(S(=O)(=O)[C@H]2c3c(n(S(=O)(=O)c4ccccc4)c4ccccc34)[C@@H]3CCCN(Cc4ccccc4)[C@@H]32)cc1. The summed E-state index contributed by atoms with van der Waals surface area (Å²) in [4.78, 5) is 2.72. The van der Waals surface area contributed by atoms with Crippen molar-refractivity contribution in [3.63, 3.8) is 0 Å². The molecule has 0 amide bonds. The van der Waals surface area contributed by atoms with Gasteiger partial charge >= 0.3 is 0 Å². The minimum Gasteiger partial charge on any atom is -0.294 e. The summed E-state index contributed by atoms with van der Waals surface area (Å²) >= 11 is 0. The fourth-order valence-corrected chi connectivity index (χ4v) is 10.8. The van der Waals surface area contributed by atoms with E-state index in [2.05, 4.69) is 17.0 Å². The van der Waals surface area contributed by atoms with Crippen molar-refractivity contribution in [3.05, 3.63) is 132 Å². The van der Waals surface area contributed by atoms with Gasteiger partial charge in [-0.25, -0.2) is 20.8 Å². The molecule has 0 bridgehead atoms. The van der Waals surface area contributed by atoms with Crippen LogP contribution >= 0.6 is 0 Å². The average Bonchev–Trinajstić information content (AvgIpc) is 3.52. The van der Waals surface area contributed by atoms with Crippen LogP contribution in [0.1, 0.15) is 46.4 Å². The highest BCUT2D eigenvalue weighted by Gasteiger charge is 2.55. The summed E-state index contributed by atoms with van der Waals surface area (Å²) in [5, 5.41) is -0.233. The Bertz CT molecular complexity index is 1990. The number of hydrogen-bond acceptors (Lipinski definition) is 5. The first-order valence-electron chi connectivity index (χ1n) is 14.3. The first-order valence-corrected chi connectivity index (χ1v) is 17.3. The Labute approximate surface area is 247 Å². The number of benzene rings is 4. The van der Waals surface area contributed by atoms with Gasteiger partial charge in [0.05, 0.1) is 15.3 Å². The van der Waals surface area contributed by atoms with Crippen LogP contribution in [0.4, 0.5) is 0 Å². The topological polar surface area (TPSA) is 76.5 Å². The monoisotopic (exact) mass is 596 g/mol. The van der Waals surface area contributed by atoms with Gasteiger partial charge in [0, 0.05) is 35.1 Å². The van der Waals surface area contributed by atoms with Crippen molar-refractivity contribution >= 4 is 30.8 Å². The van der Waals surface area contributed by atoms with Crippen molar-refractivity contribution in [2.45, 2.75) is 53.3 Å². The van der Waals surface area contributed by atoms with Crippen LogP contribution in [0.5, 0.6) is 0 Å². The first kappa shape index (κ1) is 27.1. The summed E-state index contributed by atoms with van der Waals surface area (Å²) in [6.07, 6.45) is 1.56. The Morgan fingerprint density at radius 3 is 2.10 bits per heavy atom. The van der Waals surface area contributed by atoms with Gasteiger partial charge in [0.15, 0.2) is 9.84 Å². The molecule has 2 heterocycles. The van der Waals surface area contributed by atoms with Crippen LogP contribution in [0.2, 0.25) is 0 Å². The van der Waals surface area contributed by atoms with Gasteiger partial charge in [0.2, 0.25) is 0 Å². The van der Waals surface area contributed by atoms with Crippen LogP contribution < -0.4 is 0 Å². The summed E-state index contributed by atoms with van der Waals surface area (Å²) in [7, 11) is -7.91. The van der Waals surface area contributed by atoms with Gasteiger partial charge in [-0.15, -0.1) is 0 Å². The molecule has 42 heavy (non-hydrogen) atoms. The van der Waals surface area contributed by atoms with Crippen LogP contribution in [-0.2, 0) is 26.4 Å². The fourth-order valence-electron chi connectivity index (χ4n) is 7.04. The van der Waals surface area contributed by atoms with Crippen molar-refractivity contribution in [2.24, 2.45) is 0 Å². The molecule has 0 unspecified atom stereocenters. The van der Waals surface area contributed by atoms with E-state index in [1.807, 2.05) is 55.5 Å². The molecular weight excluding hydrogens is 565 g/mol. The molecule has 2 aliphatic rings. The molecule has 1 saturated heterocycles. The molecule has 3 atom stereocenters. The van der Waals surface area contributed by atoms with Crippen LogP contribution in [0.25, 0.3) is 10.9 Å². The molecule has 214 valence electrons. The Kier molecular flexibility index (Phi) is 6.60. The minimum atomic E-state index is -4.01. The summed E-state index contributed by atoms with van der Waals surface area (Å²) < 4.78 is 59.7. The minimum absolute atomic E-state index is 0.187. The van der Waals surface area contributed by atoms with Gasteiger partial charge in [-0.3, -0.25) is 4.90 Å². The van der Waals surface area contributed by atoms with E-state index in [0.717, 1.165) is 24.1 Å². The Morgan fingerprint density at radius 1 is 0.738 bits per heavy atom. The summed E-state index contributed by atoms with van der Waals surface area (Å²) in [6.45, 7) is 3.27. The first-order chi connectivity index (χ1) is 20.3. The largest absolute Gasteiger partial charge is 0.294 e. The normalized spacial score (nSPS) is 20.8. The van der Waals surface area contributed by atoms with E-state index in [4.69, 9.17) is 0 Å². The van der Waals surface area contributed by atoms with Crippen molar-refractivity contribution in [3.8, 4) is 0 Å². The molecule has 6 nitrogen and oxygen atoms in total. The zero-order valence-corrected chi connectivity index (χ0v) is 24.9. The van der Waals surface area contributed by atoms with E-state index in [1.165, 1.54) is 3.97 Å². The van der Waals surface area contributed by atoms with E-state index in [9.17, 15) is 16.8 Å². The second kappa shape index (κ2) is 10.2. The average molecular weight is 597 g/mol. The van der Waals surface area contributed by atoms with Crippen LogP contribution in [0.15, 0.2) is 119 Å². The third kappa shape index (κ3) is 4.23. The molecule has 0 radical (unpaired) electrons. The van der Waals surface area contributed by atoms with E-state index >= 15 is 0 Å². The Morgan fingerprint density at radius 2 is 1.38 bits per heavy atom. The highest BCUT2D eigenvalue weighted by Crippen LogP contribution is 2.56. The quantitative estimate of drug-likeness (QED) is 0.225. The molecule has 4 aromatic carbocycles. The number of hydrogen-bond donors (Lipinski definition) is 0. The van der Waals surface area contributed by atoms with Crippen molar-refractivity contribution in [2.75, 3.05) is 6.54 Å². The molecule has 1 fully saturated rings. The molecule has 0 N–H and O–H groups in total. The maximum absolute atomic E-state index is 14.7. The number of aromatic nitrogens is 1. The van der Waals surface area contributed by atoms with Gasteiger partial charge in [-0.05, 0) is 62.2 Å². The molecule has 0 spiro atoms. The van der Waals surface area contributed by atoms with Gasteiger partial charge in [-0.2, -0.15) is 0 Å². The predicted octanol–water partition coefficient (Wildman–Crippen LogP) is 6.46. The number of rotatable bonds is 6. The molecule has 1 aliphatic heterocycles. The lowest BCUT2D eigenvalue weighted by Crippen LogP contribution is -2.46. The van der Waals surface area contributed by atoms with E-state index in [-0.39, 0.29) is 15.7 Å². The Balaban J connectivity index is 1.51. The lowest BCUT2D eigenvalue weighted by atomic mass is 9.90. The van der Waals surface area contributed by atoms with E-state index in [1.54, 1.807) is 48.5 Å². The number of likely N-dealkylation sites (tertiary alicyclic amines) is 1. The smallest absolute Gasteiger partial charge is 0.268 e. The van der Waals surface area contributed by atoms with Gasteiger partial charge in [-0.1, -0.05) is 84.4 Å². The number of fused-ring (bicyclic) bond motifs is 5. The van der Waals surface area contributed by atoms with Crippen molar-refractivity contribution < 1.29 is 16.8 Å². The highest BCUT2D eigenvalue weighted by atomic mass is 32.2. The van der Waals surface area contributed by atoms with Gasteiger partial charge in [0.25, 0.3) is 10.0 Å². The third-order valence-corrected chi connectivity index (χ3v) is 12.7. The van der Waals surface area contributed by atoms with Crippen molar-refractivity contribution in [1.29, 1.82) is 0 Å². The zero-order valence-electron chi connectivity index (χ0n) is 23.3. The Hall–Kier alpha value is -3.72. The summed E-state index contributed by atoms with van der Waals surface area (Å²) in [5.74, 6) is -0.270. The molecule has 8 heteroatoms. The zero-order chi connectivity index (χ0) is 29.1. The third-order valence-electron chi connectivity index (χ3n) is 8.84. The van der Waals surface area contributed by atoms with Gasteiger partial charge < -0.3 is 0 Å². The number of sulfone groups is 1. The summed E-state index contributed by atoms with van der Waals surface area (Å²) in [6, 6.07) is 32.5. The number of nitrogens with zero attached hydrogens (tertiary/aromatic N) is 2. The maximum Gasteiger partial charge on any atom is 0.268 e. The van der Waals surface area contributed by atoms with E-state index < -0.39 is 31.2 Å². The predicted molar refractivity (Wildman–Crippen MR) is 165 cm³/mol.